The zero-order valence-corrected chi connectivity index (χ0v) is 13.4. The van der Waals surface area contributed by atoms with E-state index in [1.807, 2.05) is 0 Å². The van der Waals surface area contributed by atoms with Crippen LogP contribution >= 0.6 is 11.6 Å². The number of hydrogen-bond donors (Lipinski definition) is 2. The molecule has 2 aromatic rings. The molecule has 0 saturated heterocycles. The molecule has 130 valence electrons. The minimum Gasteiger partial charge on any atom is -0.352 e. The van der Waals surface area contributed by atoms with Crippen LogP contribution in [0.2, 0.25) is 5.02 Å². The van der Waals surface area contributed by atoms with Crippen molar-refractivity contribution in [3.63, 3.8) is 0 Å². The van der Waals surface area contributed by atoms with Gasteiger partial charge in [0, 0.05) is 12.7 Å². The Morgan fingerprint density at radius 3 is 2.75 bits per heavy atom. The summed E-state index contributed by atoms with van der Waals surface area (Å²) in [6.07, 6.45) is -2.05. The van der Waals surface area contributed by atoms with Crippen LogP contribution in [-0.2, 0) is 6.18 Å². The van der Waals surface area contributed by atoms with Crippen LogP contribution in [0.25, 0.3) is 5.82 Å². The summed E-state index contributed by atoms with van der Waals surface area (Å²) in [7, 11) is 1.74. The molecule has 0 fully saturated rings. The summed E-state index contributed by atoms with van der Waals surface area (Å²) in [6.45, 7) is 0.877. The quantitative estimate of drug-likeness (QED) is 0.774. The Balaban J connectivity index is 2.37. The van der Waals surface area contributed by atoms with Gasteiger partial charge in [-0.05, 0) is 32.1 Å². The van der Waals surface area contributed by atoms with E-state index in [1.165, 1.54) is 18.3 Å². The number of carbonyl (C=O) groups is 1. The van der Waals surface area contributed by atoms with Crippen molar-refractivity contribution >= 4 is 17.5 Å². The van der Waals surface area contributed by atoms with Gasteiger partial charge in [-0.2, -0.15) is 18.3 Å². The topological polar surface area (TPSA) is 71.8 Å². The summed E-state index contributed by atoms with van der Waals surface area (Å²) in [5.74, 6) is -1.04. The Bertz CT molecular complexity index is 717. The van der Waals surface area contributed by atoms with Crippen molar-refractivity contribution in [1.82, 2.24) is 25.4 Å². The number of hydrogen-bond acceptors (Lipinski definition) is 4. The molecule has 0 aliphatic rings. The van der Waals surface area contributed by atoms with E-state index in [-0.39, 0.29) is 17.4 Å². The molecule has 0 aromatic carbocycles. The van der Waals surface area contributed by atoms with Gasteiger partial charge in [0.2, 0.25) is 0 Å². The fourth-order valence-corrected chi connectivity index (χ4v) is 2.25. The number of rotatable bonds is 6. The predicted molar refractivity (Wildman–Crippen MR) is 82.2 cm³/mol. The fourth-order valence-electron chi connectivity index (χ4n) is 2.04. The molecule has 2 heterocycles. The first-order chi connectivity index (χ1) is 11.4. The fraction of sp³-hybridized carbons (Fsp3) is 0.357. The van der Waals surface area contributed by atoms with Gasteiger partial charge < -0.3 is 10.6 Å². The highest BCUT2D eigenvalue weighted by atomic mass is 35.5. The van der Waals surface area contributed by atoms with Crippen LogP contribution in [0, 0.1) is 0 Å². The number of alkyl halides is 3. The van der Waals surface area contributed by atoms with Crippen LogP contribution in [0.1, 0.15) is 22.5 Å². The predicted octanol–water partition coefficient (Wildman–Crippen LogP) is 2.28. The monoisotopic (exact) mass is 361 g/mol. The number of pyridine rings is 1. The second-order valence-corrected chi connectivity index (χ2v) is 5.25. The van der Waals surface area contributed by atoms with E-state index in [4.69, 9.17) is 11.6 Å². The van der Waals surface area contributed by atoms with Crippen molar-refractivity contribution in [2.45, 2.75) is 12.6 Å². The van der Waals surface area contributed by atoms with Gasteiger partial charge in [0.15, 0.2) is 11.5 Å². The Hall–Kier alpha value is -2.13. The van der Waals surface area contributed by atoms with Gasteiger partial charge >= 0.3 is 6.18 Å². The van der Waals surface area contributed by atoms with Gasteiger partial charge in [-0.25, -0.2) is 9.67 Å². The maximum Gasteiger partial charge on any atom is 0.434 e. The lowest BCUT2D eigenvalue weighted by Gasteiger charge is -2.13. The van der Waals surface area contributed by atoms with Gasteiger partial charge in [0.1, 0.15) is 0 Å². The lowest BCUT2D eigenvalue weighted by molar-refractivity contribution is -0.143. The highest BCUT2D eigenvalue weighted by molar-refractivity contribution is 6.32. The Morgan fingerprint density at radius 1 is 1.38 bits per heavy atom. The molecule has 0 aliphatic carbocycles. The van der Waals surface area contributed by atoms with Gasteiger partial charge in [-0.15, -0.1) is 0 Å². The number of amides is 1. The highest BCUT2D eigenvalue weighted by Crippen LogP contribution is 2.34. The molecule has 0 aliphatic heterocycles. The minimum atomic E-state index is -4.80. The Morgan fingerprint density at radius 2 is 2.12 bits per heavy atom. The first-order valence-corrected chi connectivity index (χ1v) is 7.43. The molecule has 2 N–H and O–H groups in total. The molecule has 10 heteroatoms. The summed E-state index contributed by atoms with van der Waals surface area (Å²) in [4.78, 5) is 15.9. The smallest absolute Gasteiger partial charge is 0.352 e. The normalized spacial score (nSPS) is 11.5. The van der Waals surface area contributed by atoms with Crippen LogP contribution in [0.15, 0.2) is 24.5 Å². The zero-order chi connectivity index (χ0) is 17.7. The third kappa shape index (κ3) is 4.04. The third-order valence-corrected chi connectivity index (χ3v) is 3.41. The average molecular weight is 362 g/mol. The van der Waals surface area contributed by atoms with Crippen molar-refractivity contribution in [3.8, 4) is 5.82 Å². The first-order valence-electron chi connectivity index (χ1n) is 7.05. The maximum absolute atomic E-state index is 13.4. The van der Waals surface area contributed by atoms with Gasteiger partial charge in [-0.1, -0.05) is 11.6 Å². The molecule has 6 nitrogen and oxygen atoms in total. The van der Waals surface area contributed by atoms with Crippen molar-refractivity contribution in [1.29, 1.82) is 0 Å². The zero-order valence-electron chi connectivity index (χ0n) is 12.7. The summed E-state index contributed by atoms with van der Waals surface area (Å²) < 4.78 is 40.9. The van der Waals surface area contributed by atoms with E-state index in [2.05, 4.69) is 20.7 Å². The molecular weight excluding hydrogens is 347 g/mol. The molecule has 0 spiro atoms. The first kappa shape index (κ1) is 18.2. The van der Waals surface area contributed by atoms with Crippen LogP contribution < -0.4 is 10.6 Å². The van der Waals surface area contributed by atoms with E-state index < -0.39 is 23.3 Å². The Kier molecular flexibility index (Phi) is 5.79. The third-order valence-electron chi connectivity index (χ3n) is 3.11. The van der Waals surface area contributed by atoms with Crippen molar-refractivity contribution in [3.05, 3.63) is 40.8 Å². The summed E-state index contributed by atoms with van der Waals surface area (Å²) in [5.41, 5.74) is -1.79. The number of carbonyl (C=O) groups excluding carboxylic acids is 1. The lowest BCUT2D eigenvalue weighted by Crippen LogP contribution is -2.29. The molecule has 0 radical (unpaired) electrons. The number of nitrogens with zero attached hydrogens (tertiary/aromatic N) is 3. The van der Waals surface area contributed by atoms with E-state index >= 15 is 0 Å². The molecule has 1 amide bonds. The van der Waals surface area contributed by atoms with E-state index in [9.17, 15) is 18.0 Å². The minimum absolute atomic E-state index is 0.00733. The van der Waals surface area contributed by atoms with Crippen molar-refractivity contribution in [2.75, 3.05) is 20.1 Å². The van der Waals surface area contributed by atoms with Crippen LogP contribution in [0.5, 0.6) is 0 Å². The molecule has 0 saturated carbocycles. The number of halogens is 4. The summed E-state index contributed by atoms with van der Waals surface area (Å²) in [6, 6.07) is 2.88. The molecule has 2 aromatic heterocycles. The van der Waals surface area contributed by atoms with Crippen LogP contribution in [0.3, 0.4) is 0 Å². The molecule has 0 unspecified atom stereocenters. The van der Waals surface area contributed by atoms with E-state index in [1.54, 1.807) is 7.05 Å². The standard InChI is InChI=1S/C14H15ClF3N5O/c1-19-5-3-7-21-13(24)9-8-22-23(11(9)14(16,17)18)12-10(15)4-2-6-20-12/h2,4,6,8,19H,3,5,7H2,1H3,(H,21,24). The van der Waals surface area contributed by atoms with Crippen molar-refractivity contribution < 1.29 is 18.0 Å². The van der Waals surface area contributed by atoms with Crippen molar-refractivity contribution in [2.24, 2.45) is 0 Å². The van der Waals surface area contributed by atoms with Crippen LogP contribution in [-0.4, -0.2) is 40.8 Å². The molecule has 2 rings (SSSR count). The van der Waals surface area contributed by atoms with Crippen LogP contribution in [0.4, 0.5) is 13.2 Å². The molecule has 24 heavy (non-hydrogen) atoms. The molecule has 0 bridgehead atoms. The lowest BCUT2D eigenvalue weighted by atomic mass is 10.2. The van der Waals surface area contributed by atoms with Gasteiger partial charge in [0.05, 0.1) is 16.8 Å². The largest absolute Gasteiger partial charge is 0.434 e. The number of nitrogens with one attached hydrogen (secondary N) is 2. The maximum atomic E-state index is 13.4. The SMILES string of the molecule is CNCCCNC(=O)c1cnn(-c2ncccc2Cl)c1C(F)(F)F. The highest BCUT2D eigenvalue weighted by Gasteiger charge is 2.41. The molecular formula is C14H15ClF3N5O. The molecule has 0 atom stereocenters. The average Bonchev–Trinajstić information content (AvgIpc) is 2.97. The summed E-state index contributed by atoms with van der Waals surface area (Å²) in [5, 5.41) is 8.97. The van der Waals surface area contributed by atoms with Gasteiger partial charge in [0.25, 0.3) is 5.91 Å². The summed E-state index contributed by atoms with van der Waals surface area (Å²) >= 11 is 5.89. The van der Waals surface area contributed by atoms with E-state index in [0.717, 1.165) is 6.20 Å². The van der Waals surface area contributed by atoms with Gasteiger partial charge in [-0.3, -0.25) is 4.79 Å². The second kappa shape index (κ2) is 7.63. The Labute approximate surface area is 141 Å². The second-order valence-electron chi connectivity index (χ2n) is 4.84. The number of aromatic nitrogens is 3. The van der Waals surface area contributed by atoms with E-state index in [0.29, 0.717) is 17.6 Å².